The van der Waals surface area contributed by atoms with Crippen LogP contribution >= 0.6 is 0 Å². The molecule has 1 aromatic carbocycles. The smallest absolute Gasteiger partial charge is 0.330 e. The van der Waals surface area contributed by atoms with Gasteiger partial charge in [-0.2, -0.15) is 0 Å². The van der Waals surface area contributed by atoms with E-state index in [4.69, 9.17) is 0 Å². The minimum absolute atomic E-state index is 0.0853. The molecule has 2 N–H and O–H groups in total. The van der Waals surface area contributed by atoms with Gasteiger partial charge in [0.25, 0.3) is 5.91 Å². The molecule has 1 amide bonds. The number of rotatable bonds is 4. The molecule has 0 bridgehead atoms. The van der Waals surface area contributed by atoms with E-state index >= 15 is 0 Å². The number of aryl methyl sites for hydroxylation is 2. The predicted octanol–water partition coefficient (Wildman–Crippen LogP) is 1.96. The summed E-state index contributed by atoms with van der Waals surface area (Å²) in [4.78, 5) is 31.6. The Morgan fingerprint density at radius 2 is 1.86 bits per heavy atom. The minimum atomic E-state index is -1.13. The molecule has 0 aliphatic carbocycles. The molecule has 0 fully saturated rings. The van der Waals surface area contributed by atoms with Gasteiger partial charge in [-0.3, -0.25) is 9.78 Å². The standard InChI is InChI=1S/C16H17N3O3/c1-9-5-4-6-12(11(9)3)14(16(21)22)19-15(20)13-8-17-10(2)7-18-13/h4-8,14H,1-3H3,(H,19,20)(H,21,22). The molecule has 0 saturated carbocycles. The number of carboxylic acids is 1. The number of carbonyl (C=O) groups is 2. The van der Waals surface area contributed by atoms with Crippen molar-refractivity contribution < 1.29 is 14.7 Å². The van der Waals surface area contributed by atoms with E-state index in [1.165, 1.54) is 12.4 Å². The second-order valence-electron chi connectivity index (χ2n) is 5.08. The van der Waals surface area contributed by atoms with Crippen LogP contribution in [0, 0.1) is 20.8 Å². The maximum Gasteiger partial charge on any atom is 0.330 e. The highest BCUT2D eigenvalue weighted by atomic mass is 16.4. The summed E-state index contributed by atoms with van der Waals surface area (Å²) in [5.74, 6) is -1.69. The van der Waals surface area contributed by atoms with E-state index in [0.717, 1.165) is 11.1 Å². The van der Waals surface area contributed by atoms with Crippen molar-refractivity contribution in [2.24, 2.45) is 0 Å². The van der Waals surface area contributed by atoms with E-state index in [2.05, 4.69) is 15.3 Å². The van der Waals surface area contributed by atoms with E-state index in [1.54, 1.807) is 19.1 Å². The van der Waals surface area contributed by atoms with Crippen LogP contribution in [0.5, 0.6) is 0 Å². The van der Waals surface area contributed by atoms with E-state index in [-0.39, 0.29) is 5.69 Å². The Balaban J connectivity index is 2.30. The van der Waals surface area contributed by atoms with Gasteiger partial charge < -0.3 is 10.4 Å². The normalized spacial score (nSPS) is 11.8. The zero-order chi connectivity index (χ0) is 16.3. The lowest BCUT2D eigenvalue weighted by Crippen LogP contribution is -2.34. The fraction of sp³-hybridized carbons (Fsp3) is 0.250. The Labute approximate surface area is 128 Å². The van der Waals surface area contributed by atoms with Gasteiger partial charge in [-0.1, -0.05) is 18.2 Å². The first-order valence-corrected chi connectivity index (χ1v) is 6.78. The summed E-state index contributed by atoms with van der Waals surface area (Å²) >= 11 is 0. The van der Waals surface area contributed by atoms with Crippen LogP contribution in [0.4, 0.5) is 0 Å². The molecule has 2 rings (SSSR count). The first-order valence-electron chi connectivity index (χ1n) is 6.78. The molecule has 2 aromatic rings. The first-order chi connectivity index (χ1) is 10.4. The molecule has 0 aliphatic rings. The van der Waals surface area contributed by atoms with Gasteiger partial charge in [0.2, 0.25) is 0 Å². The van der Waals surface area contributed by atoms with Crippen LogP contribution in [0.2, 0.25) is 0 Å². The summed E-state index contributed by atoms with van der Waals surface area (Å²) in [6.07, 6.45) is 2.79. The molecule has 1 unspecified atom stereocenters. The summed E-state index contributed by atoms with van der Waals surface area (Å²) in [6, 6.07) is 4.23. The van der Waals surface area contributed by atoms with E-state index in [0.29, 0.717) is 11.3 Å². The van der Waals surface area contributed by atoms with Gasteiger partial charge in [0.15, 0.2) is 6.04 Å². The average Bonchev–Trinajstić information content (AvgIpc) is 2.48. The number of aliphatic carboxylic acids is 1. The lowest BCUT2D eigenvalue weighted by molar-refractivity contribution is -0.139. The van der Waals surface area contributed by atoms with E-state index in [1.807, 2.05) is 19.9 Å². The fourth-order valence-electron chi connectivity index (χ4n) is 2.07. The molecule has 22 heavy (non-hydrogen) atoms. The van der Waals surface area contributed by atoms with Crippen LogP contribution in [0.15, 0.2) is 30.6 Å². The first kappa shape index (κ1) is 15.6. The number of amides is 1. The molecule has 0 radical (unpaired) electrons. The summed E-state index contributed by atoms with van der Waals surface area (Å²) in [5, 5.41) is 11.9. The number of benzene rings is 1. The van der Waals surface area contributed by atoms with E-state index in [9.17, 15) is 14.7 Å². The molecule has 114 valence electrons. The maximum absolute atomic E-state index is 12.2. The van der Waals surface area contributed by atoms with Crippen molar-refractivity contribution in [3.63, 3.8) is 0 Å². The third-order valence-electron chi connectivity index (χ3n) is 3.49. The van der Waals surface area contributed by atoms with Crippen LogP contribution in [0.25, 0.3) is 0 Å². The van der Waals surface area contributed by atoms with Gasteiger partial charge in [0, 0.05) is 6.20 Å². The number of carbonyl (C=O) groups excluding carboxylic acids is 1. The molecule has 6 nitrogen and oxygen atoms in total. The molecule has 0 saturated heterocycles. The van der Waals surface area contributed by atoms with Gasteiger partial charge in [-0.05, 0) is 37.5 Å². The summed E-state index contributed by atoms with van der Waals surface area (Å²) < 4.78 is 0. The molecular weight excluding hydrogens is 282 g/mol. The Morgan fingerprint density at radius 1 is 1.14 bits per heavy atom. The van der Waals surface area contributed by atoms with Crippen molar-refractivity contribution in [1.82, 2.24) is 15.3 Å². The predicted molar refractivity (Wildman–Crippen MR) is 80.5 cm³/mol. The highest BCUT2D eigenvalue weighted by Crippen LogP contribution is 2.21. The zero-order valence-electron chi connectivity index (χ0n) is 12.6. The molecule has 1 atom stereocenters. The number of hydrogen-bond acceptors (Lipinski definition) is 4. The zero-order valence-corrected chi connectivity index (χ0v) is 12.6. The Hall–Kier alpha value is -2.76. The molecule has 6 heteroatoms. The molecular formula is C16H17N3O3. The highest BCUT2D eigenvalue weighted by Gasteiger charge is 2.25. The van der Waals surface area contributed by atoms with Gasteiger partial charge in [0.1, 0.15) is 5.69 Å². The molecule has 0 spiro atoms. The van der Waals surface area contributed by atoms with Crippen molar-refractivity contribution in [1.29, 1.82) is 0 Å². The number of nitrogens with one attached hydrogen (secondary N) is 1. The van der Waals surface area contributed by atoms with Crippen LogP contribution in [0.3, 0.4) is 0 Å². The number of aromatic nitrogens is 2. The van der Waals surface area contributed by atoms with Crippen LogP contribution < -0.4 is 5.32 Å². The number of carboxylic acid groups (broad SMARTS) is 1. The monoisotopic (exact) mass is 299 g/mol. The minimum Gasteiger partial charge on any atom is -0.479 e. The van der Waals surface area contributed by atoms with Crippen molar-refractivity contribution >= 4 is 11.9 Å². The van der Waals surface area contributed by atoms with Crippen LogP contribution in [0.1, 0.15) is 38.9 Å². The lowest BCUT2D eigenvalue weighted by Gasteiger charge is -2.18. The highest BCUT2D eigenvalue weighted by molar-refractivity contribution is 5.95. The quantitative estimate of drug-likeness (QED) is 0.900. The average molecular weight is 299 g/mol. The fourth-order valence-corrected chi connectivity index (χ4v) is 2.07. The van der Waals surface area contributed by atoms with Crippen molar-refractivity contribution in [3.8, 4) is 0 Å². The topological polar surface area (TPSA) is 92.2 Å². The van der Waals surface area contributed by atoms with Gasteiger partial charge in [-0.25, -0.2) is 9.78 Å². The largest absolute Gasteiger partial charge is 0.479 e. The van der Waals surface area contributed by atoms with E-state index < -0.39 is 17.9 Å². The van der Waals surface area contributed by atoms with Crippen molar-refractivity contribution in [2.75, 3.05) is 0 Å². The Kier molecular flexibility index (Phi) is 4.50. The molecule has 0 aliphatic heterocycles. The number of hydrogen-bond donors (Lipinski definition) is 2. The summed E-state index contributed by atoms with van der Waals surface area (Å²) in [6.45, 7) is 5.48. The summed E-state index contributed by atoms with van der Waals surface area (Å²) in [7, 11) is 0. The third kappa shape index (κ3) is 3.28. The summed E-state index contributed by atoms with van der Waals surface area (Å²) in [5.41, 5.74) is 3.13. The van der Waals surface area contributed by atoms with Gasteiger partial charge in [0.05, 0.1) is 11.9 Å². The number of nitrogens with zero attached hydrogens (tertiary/aromatic N) is 2. The van der Waals surface area contributed by atoms with Gasteiger partial charge in [-0.15, -0.1) is 0 Å². The van der Waals surface area contributed by atoms with Gasteiger partial charge >= 0.3 is 5.97 Å². The Morgan fingerprint density at radius 3 is 2.45 bits per heavy atom. The van der Waals surface area contributed by atoms with Crippen LogP contribution in [-0.2, 0) is 4.79 Å². The lowest BCUT2D eigenvalue weighted by atomic mass is 9.97. The molecule has 1 aromatic heterocycles. The van der Waals surface area contributed by atoms with Crippen LogP contribution in [-0.4, -0.2) is 27.0 Å². The maximum atomic E-state index is 12.2. The van der Waals surface area contributed by atoms with Crippen molar-refractivity contribution in [2.45, 2.75) is 26.8 Å². The van der Waals surface area contributed by atoms with Crippen molar-refractivity contribution in [3.05, 3.63) is 58.7 Å². The SMILES string of the molecule is Cc1cnc(C(=O)NC(C(=O)O)c2cccc(C)c2C)cn1. The Bertz CT molecular complexity index is 711. The second kappa shape index (κ2) is 6.34. The second-order valence-corrected chi connectivity index (χ2v) is 5.08. The molecule has 1 heterocycles. The third-order valence-corrected chi connectivity index (χ3v) is 3.49.